The zero-order chi connectivity index (χ0) is 37.5. The van der Waals surface area contributed by atoms with E-state index in [0.717, 1.165) is 82.7 Å². The Kier molecular flexibility index (Phi) is 6.83. The molecule has 0 amide bonds. The third-order valence-corrected chi connectivity index (χ3v) is 11.2. The Hall–Kier alpha value is -7.83. The predicted octanol–water partition coefficient (Wildman–Crippen LogP) is 13.0. The van der Waals surface area contributed by atoms with Crippen LogP contribution in [-0.2, 0) is 0 Å². The van der Waals surface area contributed by atoms with Gasteiger partial charge in [0.2, 0.25) is 5.95 Å². The van der Waals surface area contributed by atoms with Gasteiger partial charge in [-0.2, -0.15) is 9.97 Å². The zero-order valence-electron chi connectivity index (χ0n) is 30.5. The van der Waals surface area contributed by atoms with E-state index in [1.165, 1.54) is 10.8 Å². The summed E-state index contributed by atoms with van der Waals surface area (Å²) >= 11 is 0. The third-order valence-electron chi connectivity index (χ3n) is 11.2. The molecule has 6 nitrogen and oxygen atoms in total. The minimum atomic E-state index is 0.558. The Morgan fingerprint density at radius 1 is 0.351 bits per heavy atom. The van der Waals surface area contributed by atoms with Gasteiger partial charge in [-0.15, -0.1) is 0 Å². The number of hydrogen-bond donors (Lipinski definition) is 0. The minimum absolute atomic E-state index is 0.558. The van der Waals surface area contributed by atoms with Crippen LogP contribution in [0.3, 0.4) is 0 Å². The molecule has 0 bridgehead atoms. The van der Waals surface area contributed by atoms with Crippen LogP contribution in [0.25, 0.3) is 111 Å². The standard InChI is InChI=1S/C51H31N5O/c1-3-15-32(16-4-1)41-30-35(55-43-23-11-7-19-36(43)37-20-8-12-24-44(37)55)31-42-40-28-27-34(29-47(40)57-48(41)42)50-52-49(33-17-5-2-6-18-33)53-51(54-50)56-45-25-13-9-21-38(45)39-22-10-14-26-46(39)56/h1-31H. The number of furan rings is 1. The first-order chi connectivity index (χ1) is 28.3. The highest BCUT2D eigenvalue weighted by molar-refractivity contribution is 6.13. The largest absolute Gasteiger partial charge is 0.455 e. The van der Waals surface area contributed by atoms with Gasteiger partial charge in [0.25, 0.3) is 0 Å². The summed E-state index contributed by atoms with van der Waals surface area (Å²) in [6.07, 6.45) is 0. The van der Waals surface area contributed by atoms with E-state index in [1.54, 1.807) is 0 Å². The molecule has 12 aromatic rings. The lowest BCUT2D eigenvalue weighted by atomic mass is 10.0. The summed E-state index contributed by atoms with van der Waals surface area (Å²) in [5.74, 6) is 1.73. The SMILES string of the molecule is c1ccc(-c2nc(-c3ccc4c(c3)oc3c(-c5ccccc5)cc(-n5c6ccccc6c6ccccc65)cc34)nc(-n3c4ccccc4c4ccccc43)n2)cc1. The number of para-hydroxylation sites is 4. The van der Waals surface area contributed by atoms with Crippen molar-refractivity contribution in [2.24, 2.45) is 0 Å². The molecule has 4 aromatic heterocycles. The van der Waals surface area contributed by atoms with Crippen molar-refractivity contribution in [2.75, 3.05) is 0 Å². The quantitative estimate of drug-likeness (QED) is 0.177. The van der Waals surface area contributed by atoms with E-state index in [2.05, 4.69) is 167 Å². The van der Waals surface area contributed by atoms with Gasteiger partial charge in [0.1, 0.15) is 11.2 Å². The van der Waals surface area contributed by atoms with Crippen LogP contribution in [-0.4, -0.2) is 24.1 Å². The van der Waals surface area contributed by atoms with E-state index in [9.17, 15) is 0 Å². The molecule has 57 heavy (non-hydrogen) atoms. The van der Waals surface area contributed by atoms with Crippen LogP contribution < -0.4 is 0 Å². The van der Waals surface area contributed by atoms with Gasteiger partial charge in [0.05, 0.1) is 22.1 Å². The van der Waals surface area contributed by atoms with E-state index in [0.29, 0.717) is 17.6 Å². The molecule has 0 saturated heterocycles. The second kappa shape index (κ2) is 12.3. The van der Waals surface area contributed by atoms with E-state index in [1.807, 2.05) is 30.3 Å². The molecule has 0 unspecified atom stereocenters. The van der Waals surface area contributed by atoms with Crippen molar-refractivity contribution in [1.29, 1.82) is 0 Å². The van der Waals surface area contributed by atoms with Crippen LogP contribution in [0.15, 0.2) is 192 Å². The molecule has 0 aliphatic heterocycles. The maximum absolute atomic E-state index is 6.89. The van der Waals surface area contributed by atoms with Crippen LogP contribution in [0.1, 0.15) is 0 Å². The molecule has 266 valence electrons. The summed E-state index contributed by atoms with van der Waals surface area (Å²) in [7, 11) is 0. The second-order valence-electron chi connectivity index (χ2n) is 14.4. The van der Waals surface area contributed by atoms with Crippen LogP contribution in [0.2, 0.25) is 0 Å². The lowest BCUT2D eigenvalue weighted by molar-refractivity contribution is 0.670. The summed E-state index contributed by atoms with van der Waals surface area (Å²) < 4.78 is 11.4. The molecule has 0 aliphatic rings. The molecule has 4 heterocycles. The molecular formula is C51H31N5O. The van der Waals surface area contributed by atoms with Crippen LogP contribution in [0, 0.1) is 0 Å². The average Bonchev–Trinajstić information content (AvgIpc) is 3.94. The van der Waals surface area contributed by atoms with Gasteiger partial charge in [0, 0.05) is 54.7 Å². The van der Waals surface area contributed by atoms with Gasteiger partial charge in [0.15, 0.2) is 11.6 Å². The van der Waals surface area contributed by atoms with E-state index in [-0.39, 0.29) is 0 Å². The predicted molar refractivity (Wildman–Crippen MR) is 232 cm³/mol. The number of fused-ring (bicyclic) bond motifs is 9. The highest BCUT2D eigenvalue weighted by Crippen LogP contribution is 2.41. The average molecular weight is 730 g/mol. The highest BCUT2D eigenvalue weighted by atomic mass is 16.3. The molecule has 0 radical (unpaired) electrons. The van der Waals surface area contributed by atoms with Gasteiger partial charge in [-0.1, -0.05) is 140 Å². The zero-order valence-corrected chi connectivity index (χ0v) is 30.5. The number of aromatic nitrogens is 5. The first-order valence-electron chi connectivity index (χ1n) is 19.1. The first-order valence-corrected chi connectivity index (χ1v) is 19.1. The molecule has 0 aliphatic carbocycles. The number of benzene rings is 8. The van der Waals surface area contributed by atoms with Crippen molar-refractivity contribution in [3.8, 4) is 45.5 Å². The van der Waals surface area contributed by atoms with E-state index in [4.69, 9.17) is 19.4 Å². The fraction of sp³-hybridized carbons (Fsp3) is 0. The summed E-state index contributed by atoms with van der Waals surface area (Å²) in [5, 5.41) is 6.81. The Morgan fingerprint density at radius 3 is 1.42 bits per heavy atom. The number of rotatable bonds is 5. The monoisotopic (exact) mass is 729 g/mol. The Balaban J connectivity index is 1.10. The Morgan fingerprint density at radius 2 is 0.842 bits per heavy atom. The molecule has 0 fully saturated rings. The summed E-state index contributed by atoms with van der Waals surface area (Å²) in [6, 6.07) is 65.5. The van der Waals surface area contributed by atoms with Crippen LogP contribution in [0.5, 0.6) is 0 Å². The van der Waals surface area contributed by atoms with Gasteiger partial charge in [-0.3, -0.25) is 4.57 Å². The molecule has 0 spiro atoms. The van der Waals surface area contributed by atoms with Gasteiger partial charge >= 0.3 is 0 Å². The molecular weight excluding hydrogens is 699 g/mol. The third kappa shape index (κ3) is 4.87. The highest BCUT2D eigenvalue weighted by Gasteiger charge is 2.21. The van der Waals surface area contributed by atoms with Crippen molar-refractivity contribution in [1.82, 2.24) is 24.1 Å². The smallest absolute Gasteiger partial charge is 0.238 e. The maximum atomic E-state index is 6.89. The van der Waals surface area contributed by atoms with Gasteiger partial charge in [-0.05, 0) is 54.1 Å². The van der Waals surface area contributed by atoms with Crippen molar-refractivity contribution in [3.05, 3.63) is 188 Å². The van der Waals surface area contributed by atoms with E-state index >= 15 is 0 Å². The fourth-order valence-corrected chi connectivity index (χ4v) is 8.61. The topological polar surface area (TPSA) is 61.7 Å². The molecule has 0 atom stereocenters. The lowest BCUT2D eigenvalue weighted by Gasteiger charge is -2.11. The van der Waals surface area contributed by atoms with Crippen molar-refractivity contribution in [2.45, 2.75) is 0 Å². The Bertz CT molecular complexity index is 3420. The van der Waals surface area contributed by atoms with Crippen molar-refractivity contribution < 1.29 is 4.42 Å². The minimum Gasteiger partial charge on any atom is -0.455 e. The van der Waals surface area contributed by atoms with Crippen molar-refractivity contribution >= 4 is 65.6 Å². The molecule has 6 heteroatoms. The van der Waals surface area contributed by atoms with Gasteiger partial charge < -0.3 is 8.98 Å². The van der Waals surface area contributed by atoms with E-state index < -0.39 is 0 Å². The summed E-state index contributed by atoms with van der Waals surface area (Å²) in [6.45, 7) is 0. The second-order valence-corrected chi connectivity index (χ2v) is 14.4. The summed E-state index contributed by atoms with van der Waals surface area (Å²) in [5.41, 5.74) is 10.9. The molecule has 12 rings (SSSR count). The number of hydrogen-bond acceptors (Lipinski definition) is 4. The van der Waals surface area contributed by atoms with Crippen molar-refractivity contribution in [3.63, 3.8) is 0 Å². The lowest BCUT2D eigenvalue weighted by Crippen LogP contribution is -2.06. The van der Waals surface area contributed by atoms with Gasteiger partial charge in [-0.25, -0.2) is 4.98 Å². The fourth-order valence-electron chi connectivity index (χ4n) is 8.61. The van der Waals surface area contributed by atoms with Crippen LogP contribution in [0.4, 0.5) is 0 Å². The first kappa shape index (κ1) is 31.5. The molecule has 0 saturated carbocycles. The Labute approximate surface area is 326 Å². The normalized spacial score (nSPS) is 11.9. The van der Waals surface area contributed by atoms with Crippen LogP contribution >= 0.6 is 0 Å². The molecule has 8 aromatic carbocycles. The summed E-state index contributed by atoms with van der Waals surface area (Å²) in [4.78, 5) is 15.4. The molecule has 0 N–H and O–H groups in total. The maximum Gasteiger partial charge on any atom is 0.238 e. The number of nitrogens with zero attached hydrogens (tertiary/aromatic N) is 5.